The molecule has 41 heavy (non-hydrogen) atoms. The highest BCUT2D eigenvalue weighted by molar-refractivity contribution is 6.01. The molecule has 0 radical (unpaired) electrons. The fourth-order valence-electron chi connectivity index (χ4n) is 5.02. The second-order valence-electron chi connectivity index (χ2n) is 10.7. The standard InChI is InChI=1S/C32H36N6O3/c1-21-10-14-25(15-11-21)30(32(40)33-19-27-8-6-18-41-27)38(28-9-5-7-23(3)24(28)4)29(39)20-37-35-31(34-36-37)26-16-12-22(2)13-17-26/h5,7,9-17,27,30H,6,8,18-20H2,1-4H3,(H,33,40)/t27-,30+/m0/s1. The van der Waals surface area contributed by atoms with E-state index in [0.29, 0.717) is 30.2 Å². The molecular weight excluding hydrogens is 516 g/mol. The van der Waals surface area contributed by atoms with Crippen LogP contribution in [-0.4, -0.2) is 51.3 Å². The lowest BCUT2D eigenvalue weighted by atomic mass is 9.99. The van der Waals surface area contributed by atoms with Gasteiger partial charge in [-0.1, -0.05) is 71.8 Å². The zero-order chi connectivity index (χ0) is 28.9. The van der Waals surface area contributed by atoms with Gasteiger partial charge in [0.15, 0.2) is 0 Å². The van der Waals surface area contributed by atoms with Crippen molar-refractivity contribution < 1.29 is 14.3 Å². The van der Waals surface area contributed by atoms with Crippen LogP contribution in [0.2, 0.25) is 0 Å². The van der Waals surface area contributed by atoms with Gasteiger partial charge < -0.3 is 10.1 Å². The molecule has 0 bridgehead atoms. The van der Waals surface area contributed by atoms with Crippen LogP contribution in [0, 0.1) is 27.7 Å². The number of aryl methyl sites for hydroxylation is 3. The molecule has 1 fully saturated rings. The predicted molar refractivity (Wildman–Crippen MR) is 157 cm³/mol. The minimum Gasteiger partial charge on any atom is -0.376 e. The summed E-state index contributed by atoms with van der Waals surface area (Å²) < 4.78 is 5.73. The number of nitrogens with one attached hydrogen (secondary N) is 1. The first-order valence-corrected chi connectivity index (χ1v) is 14.0. The molecule has 9 heteroatoms. The lowest BCUT2D eigenvalue weighted by Gasteiger charge is -2.33. The summed E-state index contributed by atoms with van der Waals surface area (Å²) >= 11 is 0. The van der Waals surface area contributed by atoms with E-state index in [1.807, 2.05) is 94.4 Å². The molecule has 1 aliphatic rings. The first-order chi connectivity index (χ1) is 19.8. The second-order valence-corrected chi connectivity index (χ2v) is 10.7. The topological polar surface area (TPSA) is 102 Å². The Balaban J connectivity index is 1.51. The van der Waals surface area contributed by atoms with Gasteiger partial charge in [-0.15, -0.1) is 10.2 Å². The summed E-state index contributed by atoms with van der Waals surface area (Å²) in [5.74, 6) is -0.171. The maximum absolute atomic E-state index is 14.2. The van der Waals surface area contributed by atoms with E-state index >= 15 is 0 Å². The van der Waals surface area contributed by atoms with E-state index in [9.17, 15) is 9.59 Å². The van der Waals surface area contributed by atoms with Crippen molar-refractivity contribution in [2.75, 3.05) is 18.1 Å². The number of benzene rings is 3. The van der Waals surface area contributed by atoms with Crippen LogP contribution in [0.4, 0.5) is 5.69 Å². The van der Waals surface area contributed by atoms with Crippen molar-refractivity contribution in [3.05, 3.63) is 94.5 Å². The first-order valence-electron chi connectivity index (χ1n) is 14.0. The number of rotatable bonds is 9. The second kappa shape index (κ2) is 12.4. The molecule has 0 spiro atoms. The SMILES string of the molecule is Cc1ccc(-c2nnn(CC(=O)N(c3cccc(C)c3C)[C@@H](C(=O)NC[C@@H]3CCCO3)c3ccc(C)cc3)n2)cc1. The Hall–Kier alpha value is -4.37. The highest BCUT2D eigenvalue weighted by atomic mass is 16.5. The third kappa shape index (κ3) is 6.52. The Morgan fingerprint density at radius 1 is 1.00 bits per heavy atom. The van der Waals surface area contributed by atoms with Gasteiger partial charge in [0.05, 0.1) is 6.10 Å². The summed E-state index contributed by atoms with van der Waals surface area (Å²) in [5.41, 5.74) is 6.30. The Bertz CT molecular complexity index is 1510. The normalized spacial score (nSPS) is 15.5. The molecule has 1 N–H and O–H groups in total. The van der Waals surface area contributed by atoms with E-state index in [4.69, 9.17) is 4.74 Å². The lowest BCUT2D eigenvalue weighted by Crippen LogP contribution is -2.47. The van der Waals surface area contributed by atoms with Crippen LogP contribution in [0.25, 0.3) is 11.4 Å². The van der Waals surface area contributed by atoms with E-state index < -0.39 is 6.04 Å². The number of aromatic nitrogens is 4. The van der Waals surface area contributed by atoms with Gasteiger partial charge in [-0.3, -0.25) is 14.5 Å². The highest BCUT2D eigenvalue weighted by Gasteiger charge is 2.34. The van der Waals surface area contributed by atoms with E-state index in [0.717, 1.165) is 40.7 Å². The summed E-state index contributed by atoms with van der Waals surface area (Å²) in [6, 6.07) is 20.4. The quantitative estimate of drug-likeness (QED) is 0.325. The monoisotopic (exact) mass is 552 g/mol. The van der Waals surface area contributed by atoms with Crippen LogP contribution in [-0.2, 0) is 20.9 Å². The Morgan fingerprint density at radius 2 is 1.71 bits per heavy atom. The van der Waals surface area contributed by atoms with Crippen LogP contribution in [0.3, 0.4) is 0 Å². The maximum atomic E-state index is 14.2. The molecule has 0 saturated carbocycles. The molecule has 9 nitrogen and oxygen atoms in total. The molecule has 1 aromatic heterocycles. The molecule has 0 unspecified atom stereocenters. The van der Waals surface area contributed by atoms with E-state index in [1.54, 1.807) is 4.90 Å². The minimum atomic E-state index is -0.912. The zero-order valence-corrected chi connectivity index (χ0v) is 24.0. The van der Waals surface area contributed by atoms with E-state index in [-0.39, 0.29) is 24.5 Å². The van der Waals surface area contributed by atoms with Gasteiger partial charge in [0.2, 0.25) is 11.7 Å². The molecule has 5 rings (SSSR count). The zero-order valence-electron chi connectivity index (χ0n) is 24.0. The minimum absolute atomic E-state index is 0.0259. The van der Waals surface area contributed by atoms with Crippen molar-refractivity contribution in [2.24, 2.45) is 0 Å². The van der Waals surface area contributed by atoms with Crippen LogP contribution >= 0.6 is 0 Å². The molecule has 2 atom stereocenters. The molecule has 1 aliphatic heterocycles. The van der Waals surface area contributed by atoms with Crippen LogP contribution in [0.5, 0.6) is 0 Å². The summed E-state index contributed by atoms with van der Waals surface area (Å²) in [6.07, 6.45) is 1.85. The average molecular weight is 553 g/mol. The fourth-order valence-corrected chi connectivity index (χ4v) is 5.02. The van der Waals surface area contributed by atoms with Crippen LogP contribution < -0.4 is 10.2 Å². The van der Waals surface area contributed by atoms with E-state index in [2.05, 4.69) is 20.7 Å². The Labute approximate surface area is 240 Å². The molecule has 3 aromatic carbocycles. The van der Waals surface area contributed by atoms with E-state index in [1.165, 1.54) is 4.80 Å². The number of nitrogens with zero attached hydrogens (tertiary/aromatic N) is 5. The smallest absolute Gasteiger partial charge is 0.251 e. The molecule has 0 aliphatic carbocycles. The lowest BCUT2D eigenvalue weighted by molar-refractivity contribution is -0.127. The van der Waals surface area contributed by atoms with Gasteiger partial charge in [-0.25, -0.2) is 0 Å². The maximum Gasteiger partial charge on any atom is 0.251 e. The van der Waals surface area contributed by atoms with Crippen molar-refractivity contribution in [3.63, 3.8) is 0 Å². The van der Waals surface area contributed by atoms with Gasteiger partial charge in [0.25, 0.3) is 5.91 Å². The summed E-state index contributed by atoms with van der Waals surface area (Å²) in [4.78, 5) is 31.0. The van der Waals surface area contributed by atoms with Crippen molar-refractivity contribution in [1.82, 2.24) is 25.5 Å². The number of hydrogen-bond donors (Lipinski definition) is 1. The first kappa shape index (κ1) is 28.2. The number of hydrogen-bond acceptors (Lipinski definition) is 6. The third-order valence-electron chi connectivity index (χ3n) is 7.57. The number of anilines is 1. The van der Waals surface area contributed by atoms with Gasteiger partial charge in [-0.2, -0.15) is 4.80 Å². The number of tetrazole rings is 1. The molecule has 1 saturated heterocycles. The number of amides is 2. The fraction of sp³-hybridized carbons (Fsp3) is 0.344. The van der Waals surface area contributed by atoms with Gasteiger partial charge in [0, 0.05) is 24.4 Å². The van der Waals surface area contributed by atoms with Crippen LogP contribution in [0.15, 0.2) is 66.7 Å². The van der Waals surface area contributed by atoms with Crippen molar-refractivity contribution >= 4 is 17.5 Å². The highest BCUT2D eigenvalue weighted by Crippen LogP contribution is 2.32. The Morgan fingerprint density at radius 3 is 2.39 bits per heavy atom. The number of ether oxygens (including phenoxy) is 1. The van der Waals surface area contributed by atoms with Gasteiger partial charge in [0.1, 0.15) is 12.6 Å². The van der Waals surface area contributed by atoms with Gasteiger partial charge in [-0.05, 0) is 68.5 Å². The summed E-state index contributed by atoms with van der Waals surface area (Å²) in [5, 5.41) is 15.9. The molecule has 2 amide bonds. The van der Waals surface area contributed by atoms with Crippen molar-refractivity contribution in [2.45, 2.75) is 59.2 Å². The molecule has 2 heterocycles. The largest absolute Gasteiger partial charge is 0.376 e. The molecule has 212 valence electrons. The predicted octanol–water partition coefficient (Wildman–Crippen LogP) is 4.64. The van der Waals surface area contributed by atoms with Crippen molar-refractivity contribution in [1.29, 1.82) is 0 Å². The molecular formula is C32H36N6O3. The average Bonchev–Trinajstić information content (AvgIpc) is 3.66. The molecule has 4 aromatic rings. The summed E-state index contributed by atoms with van der Waals surface area (Å²) in [6.45, 7) is 8.86. The third-order valence-corrected chi connectivity index (χ3v) is 7.57. The van der Waals surface area contributed by atoms with Gasteiger partial charge >= 0.3 is 0 Å². The summed E-state index contributed by atoms with van der Waals surface area (Å²) in [7, 11) is 0. The van der Waals surface area contributed by atoms with Crippen LogP contribution in [0.1, 0.15) is 46.7 Å². The Kier molecular flexibility index (Phi) is 8.54. The number of carbonyl (C=O) groups excluding carboxylic acids is 2. The van der Waals surface area contributed by atoms with Crippen molar-refractivity contribution in [3.8, 4) is 11.4 Å². The number of carbonyl (C=O) groups is 2.